The molecule has 3 amide bonds. The maximum atomic E-state index is 13.0. The second-order valence-electron chi connectivity index (χ2n) is 12.5. The zero-order chi connectivity index (χ0) is 37.5. The SMILES string of the molecule is CC/C=C\C/C=C\C/C=C\C/C=C\C/C=C\C/C=C\CCC(=O)NCCSSC(C)(C)[C@H](NC(=O)CC(O)CN(C)C)C(=O)NC[C@@H](O)CO. The van der Waals surface area contributed by atoms with Crippen molar-refractivity contribution in [2.75, 3.05) is 46.1 Å². The molecular formula is C38H64N4O6S2. The predicted octanol–water partition coefficient (Wildman–Crippen LogP) is 5.01. The largest absolute Gasteiger partial charge is 0.394 e. The molecule has 0 radical (unpaired) electrons. The van der Waals surface area contributed by atoms with Gasteiger partial charge < -0.3 is 36.2 Å². The van der Waals surface area contributed by atoms with Crippen molar-refractivity contribution >= 4 is 39.3 Å². The summed E-state index contributed by atoms with van der Waals surface area (Å²) in [4.78, 5) is 39.7. The maximum absolute atomic E-state index is 13.0. The van der Waals surface area contributed by atoms with Crippen LogP contribution in [0.3, 0.4) is 0 Å². The molecule has 0 rings (SSSR count). The van der Waals surface area contributed by atoms with E-state index < -0.39 is 41.4 Å². The Morgan fingerprint density at radius 2 is 1.28 bits per heavy atom. The van der Waals surface area contributed by atoms with Crippen LogP contribution in [0.2, 0.25) is 0 Å². The van der Waals surface area contributed by atoms with Gasteiger partial charge in [0, 0.05) is 36.6 Å². The number of nitrogens with zero attached hydrogens (tertiary/aromatic N) is 1. The van der Waals surface area contributed by atoms with Gasteiger partial charge in [0.1, 0.15) is 6.04 Å². The van der Waals surface area contributed by atoms with Gasteiger partial charge >= 0.3 is 0 Å². The fourth-order valence-electron chi connectivity index (χ4n) is 4.28. The van der Waals surface area contributed by atoms with Crippen LogP contribution in [0.25, 0.3) is 0 Å². The van der Waals surface area contributed by atoms with Crippen molar-refractivity contribution in [3.05, 3.63) is 72.9 Å². The van der Waals surface area contributed by atoms with Crippen molar-refractivity contribution < 1.29 is 29.7 Å². The highest BCUT2D eigenvalue weighted by molar-refractivity contribution is 8.77. The summed E-state index contributed by atoms with van der Waals surface area (Å²) in [6.07, 6.45) is 30.4. The summed E-state index contributed by atoms with van der Waals surface area (Å²) >= 11 is 0. The van der Waals surface area contributed by atoms with E-state index in [1.54, 1.807) is 19.0 Å². The molecule has 6 N–H and O–H groups in total. The van der Waals surface area contributed by atoms with Crippen molar-refractivity contribution in [1.82, 2.24) is 20.9 Å². The Bertz CT molecular complexity index is 1100. The molecule has 0 aromatic heterocycles. The molecule has 0 saturated heterocycles. The summed E-state index contributed by atoms with van der Waals surface area (Å²) in [5.74, 6) is -0.418. The van der Waals surface area contributed by atoms with Crippen LogP contribution >= 0.6 is 21.6 Å². The van der Waals surface area contributed by atoms with E-state index in [2.05, 4.69) is 89.7 Å². The molecule has 0 aromatic carbocycles. The molecule has 0 spiro atoms. The fraction of sp³-hybridized carbons (Fsp3) is 0.605. The molecule has 10 nitrogen and oxygen atoms in total. The van der Waals surface area contributed by atoms with E-state index in [9.17, 15) is 24.6 Å². The Balaban J connectivity index is 4.38. The lowest BCUT2D eigenvalue weighted by Crippen LogP contribution is -2.57. The Morgan fingerprint density at radius 1 is 0.760 bits per heavy atom. The number of hydrogen-bond acceptors (Lipinski definition) is 9. The smallest absolute Gasteiger partial charge is 0.244 e. The lowest BCUT2D eigenvalue weighted by atomic mass is 10.0. The summed E-state index contributed by atoms with van der Waals surface area (Å²) in [6, 6.07) is -0.971. The molecule has 284 valence electrons. The monoisotopic (exact) mass is 736 g/mol. The number of allylic oxidation sites excluding steroid dienone is 12. The van der Waals surface area contributed by atoms with Crippen LogP contribution in [0.1, 0.15) is 78.6 Å². The van der Waals surface area contributed by atoms with E-state index in [1.165, 1.54) is 21.6 Å². The van der Waals surface area contributed by atoms with E-state index in [0.29, 0.717) is 31.7 Å². The van der Waals surface area contributed by atoms with Gasteiger partial charge in [-0.05, 0) is 72.9 Å². The average molecular weight is 737 g/mol. The number of aliphatic hydroxyl groups excluding tert-OH is 3. The number of carbonyl (C=O) groups is 3. The van der Waals surface area contributed by atoms with E-state index in [0.717, 1.165) is 38.5 Å². The Labute approximate surface area is 309 Å². The standard InChI is InChI=1S/C38H64N4O6S2/c1-6-7-8-9-10-11-12-13-14-15-16-17-18-19-20-21-22-23-24-25-34(46)39-26-27-49-50-38(2,3)36(37(48)40-29-33(45)31-43)41-35(47)28-32(44)30-42(4)5/h7-8,10-11,13-14,16-17,19-20,22-23,32-33,36,43-45H,6,9,12,15,18,21,24-31H2,1-5H3,(H,39,46)(H,40,48)(H,41,47)/b8-7-,11-10-,14-13-,17-16-,20-19-,23-22-/t32?,33-,36-/m1/s1. The average Bonchev–Trinajstić information content (AvgIpc) is 3.06. The van der Waals surface area contributed by atoms with Crippen LogP contribution in [0.5, 0.6) is 0 Å². The molecule has 0 bridgehead atoms. The molecule has 1 unspecified atom stereocenters. The van der Waals surface area contributed by atoms with Crippen LogP contribution < -0.4 is 16.0 Å². The van der Waals surface area contributed by atoms with E-state index in [-0.39, 0.29) is 18.9 Å². The van der Waals surface area contributed by atoms with Gasteiger partial charge in [0.2, 0.25) is 17.7 Å². The first-order valence-corrected chi connectivity index (χ1v) is 19.9. The normalized spacial score (nSPS) is 14.6. The molecule has 0 aromatic rings. The van der Waals surface area contributed by atoms with Gasteiger partial charge in [-0.2, -0.15) is 0 Å². The first kappa shape index (κ1) is 47.4. The zero-order valence-electron chi connectivity index (χ0n) is 30.9. The number of hydrogen-bond donors (Lipinski definition) is 6. The predicted molar refractivity (Wildman–Crippen MR) is 212 cm³/mol. The molecule has 0 fully saturated rings. The number of carbonyl (C=O) groups excluding carboxylic acids is 3. The molecule has 0 heterocycles. The van der Waals surface area contributed by atoms with Gasteiger partial charge in [-0.1, -0.05) is 101 Å². The topological polar surface area (TPSA) is 151 Å². The molecule has 0 aliphatic rings. The lowest BCUT2D eigenvalue weighted by molar-refractivity contribution is -0.131. The zero-order valence-corrected chi connectivity index (χ0v) is 32.5. The summed E-state index contributed by atoms with van der Waals surface area (Å²) in [5.41, 5.74) is 0. The van der Waals surface area contributed by atoms with Gasteiger partial charge in [0.15, 0.2) is 0 Å². The first-order valence-electron chi connectivity index (χ1n) is 17.6. The van der Waals surface area contributed by atoms with E-state index >= 15 is 0 Å². The molecule has 50 heavy (non-hydrogen) atoms. The quantitative estimate of drug-likeness (QED) is 0.0354. The van der Waals surface area contributed by atoms with Crippen LogP contribution in [0.4, 0.5) is 0 Å². The Kier molecular flexibility index (Phi) is 29.5. The highest BCUT2D eigenvalue weighted by atomic mass is 33.1. The molecule has 0 aliphatic heterocycles. The van der Waals surface area contributed by atoms with Crippen molar-refractivity contribution in [2.24, 2.45) is 0 Å². The van der Waals surface area contributed by atoms with Crippen molar-refractivity contribution in [2.45, 2.75) is 102 Å². The second-order valence-corrected chi connectivity index (χ2v) is 15.6. The third kappa shape index (κ3) is 28.1. The van der Waals surface area contributed by atoms with Crippen molar-refractivity contribution in [3.63, 3.8) is 0 Å². The molecule has 0 saturated carbocycles. The van der Waals surface area contributed by atoms with Gasteiger partial charge in [-0.15, -0.1) is 0 Å². The minimum absolute atomic E-state index is 0.0300. The highest BCUT2D eigenvalue weighted by Crippen LogP contribution is 2.38. The number of aliphatic hydroxyl groups is 3. The minimum Gasteiger partial charge on any atom is -0.394 e. The van der Waals surface area contributed by atoms with E-state index in [4.69, 9.17) is 5.11 Å². The number of likely N-dealkylation sites (N-methyl/N-ethyl adjacent to an activating group) is 1. The van der Waals surface area contributed by atoms with Crippen LogP contribution in [-0.4, -0.2) is 107 Å². The second kappa shape index (κ2) is 31.2. The first-order chi connectivity index (χ1) is 23.9. The summed E-state index contributed by atoms with van der Waals surface area (Å²) in [6.45, 7) is 5.86. The highest BCUT2D eigenvalue weighted by Gasteiger charge is 2.37. The number of amides is 3. The summed E-state index contributed by atoms with van der Waals surface area (Å²) in [5, 5.41) is 37.1. The van der Waals surface area contributed by atoms with Crippen LogP contribution in [-0.2, 0) is 14.4 Å². The molecule has 3 atom stereocenters. The van der Waals surface area contributed by atoms with Crippen molar-refractivity contribution in [1.29, 1.82) is 0 Å². The third-order valence-electron chi connectivity index (χ3n) is 6.90. The maximum Gasteiger partial charge on any atom is 0.244 e. The molecule has 12 heteroatoms. The van der Waals surface area contributed by atoms with Crippen molar-refractivity contribution in [3.8, 4) is 0 Å². The van der Waals surface area contributed by atoms with E-state index in [1.807, 2.05) is 19.9 Å². The fourth-order valence-corrected chi connectivity index (χ4v) is 6.81. The van der Waals surface area contributed by atoms with Gasteiger partial charge in [-0.25, -0.2) is 0 Å². The third-order valence-corrected chi connectivity index (χ3v) is 10.2. The molecular weight excluding hydrogens is 673 g/mol. The Hall–Kier alpha value is -2.61. The van der Waals surface area contributed by atoms with Gasteiger partial charge in [-0.3, -0.25) is 14.4 Å². The summed E-state index contributed by atoms with van der Waals surface area (Å²) < 4.78 is -0.777. The van der Waals surface area contributed by atoms with Gasteiger partial charge in [0.05, 0.1) is 25.2 Å². The molecule has 0 aliphatic carbocycles. The van der Waals surface area contributed by atoms with Gasteiger partial charge in [0.25, 0.3) is 0 Å². The number of nitrogens with one attached hydrogen (secondary N) is 3. The minimum atomic E-state index is -1.12. The Morgan fingerprint density at radius 3 is 1.78 bits per heavy atom. The summed E-state index contributed by atoms with van der Waals surface area (Å²) in [7, 11) is 6.44. The van der Waals surface area contributed by atoms with Crippen LogP contribution in [0, 0.1) is 0 Å². The van der Waals surface area contributed by atoms with Crippen LogP contribution in [0.15, 0.2) is 72.9 Å². The number of rotatable bonds is 29. The lowest BCUT2D eigenvalue weighted by Gasteiger charge is -2.33.